The summed E-state index contributed by atoms with van der Waals surface area (Å²) in [5.74, 6) is 0.539. The van der Waals surface area contributed by atoms with Crippen LogP contribution in [0.1, 0.15) is 5.56 Å². The van der Waals surface area contributed by atoms with E-state index < -0.39 is 10.8 Å². The fourth-order valence-corrected chi connectivity index (χ4v) is 3.42. The third-order valence-electron chi connectivity index (χ3n) is 2.63. The summed E-state index contributed by atoms with van der Waals surface area (Å²) < 4.78 is 13.7. The van der Waals surface area contributed by atoms with Crippen molar-refractivity contribution < 1.29 is 4.21 Å². The minimum Gasteiger partial charge on any atom is -0.275 e. The van der Waals surface area contributed by atoms with Crippen LogP contribution >= 0.6 is 11.6 Å². The van der Waals surface area contributed by atoms with Crippen molar-refractivity contribution in [2.75, 3.05) is 0 Å². The predicted molar refractivity (Wildman–Crippen MR) is 63.8 cm³/mol. The lowest BCUT2D eigenvalue weighted by atomic mass is 10.1. The zero-order chi connectivity index (χ0) is 11.3. The number of fused-ring (bicyclic) bond motifs is 3. The van der Waals surface area contributed by atoms with Crippen LogP contribution in [0.4, 0.5) is 0 Å². The van der Waals surface area contributed by atoms with Crippen molar-refractivity contribution in [1.29, 1.82) is 0 Å². The van der Waals surface area contributed by atoms with Crippen LogP contribution < -0.4 is 0 Å². The van der Waals surface area contributed by atoms with Crippen LogP contribution in [0, 0.1) is 0 Å². The molecule has 0 radical (unpaired) electrons. The summed E-state index contributed by atoms with van der Waals surface area (Å²) in [5.41, 5.74) is 2.82. The number of halogens is 1. The molecule has 0 aliphatic carbocycles. The standard InChI is InChI=1S/C11H9ClN2OS/c1-14-5-7-6-16(15)10-3-2-8(12)4-9(10)11(7)13-14/h2-5H,6H2,1H3. The maximum Gasteiger partial charge on any atom is 0.0977 e. The first-order chi connectivity index (χ1) is 7.65. The molecule has 0 saturated carbocycles. The maximum absolute atomic E-state index is 12.0. The molecule has 1 aliphatic heterocycles. The molecule has 2 aromatic rings. The van der Waals surface area contributed by atoms with Crippen LogP contribution in [0.15, 0.2) is 29.3 Å². The second-order valence-corrected chi connectivity index (χ2v) is 5.66. The average molecular weight is 253 g/mol. The van der Waals surface area contributed by atoms with Gasteiger partial charge < -0.3 is 0 Å². The maximum atomic E-state index is 12.0. The van der Waals surface area contributed by atoms with Gasteiger partial charge in [0, 0.05) is 34.3 Å². The summed E-state index contributed by atoms with van der Waals surface area (Å²) in [6.07, 6.45) is 1.91. The van der Waals surface area contributed by atoms with Crippen LogP contribution in [-0.2, 0) is 23.6 Å². The molecule has 1 aromatic heterocycles. The van der Waals surface area contributed by atoms with E-state index in [-0.39, 0.29) is 0 Å². The van der Waals surface area contributed by atoms with Crippen LogP contribution in [0.3, 0.4) is 0 Å². The van der Waals surface area contributed by atoms with Gasteiger partial charge in [-0.25, -0.2) is 0 Å². The Morgan fingerprint density at radius 1 is 1.50 bits per heavy atom. The SMILES string of the molecule is Cn1cc2c(n1)-c1cc(Cl)ccc1S(=O)C2. The molecule has 1 aliphatic rings. The van der Waals surface area contributed by atoms with Gasteiger partial charge in [0.1, 0.15) is 0 Å². The van der Waals surface area contributed by atoms with Crippen molar-refractivity contribution in [3.8, 4) is 11.3 Å². The molecule has 1 unspecified atom stereocenters. The molecule has 0 fully saturated rings. The molecule has 1 atom stereocenters. The molecule has 5 heteroatoms. The molecule has 0 bridgehead atoms. The lowest BCUT2D eigenvalue weighted by Gasteiger charge is -2.14. The number of benzene rings is 1. The first-order valence-electron chi connectivity index (χ1n) is 4.86. The molecule has 3 nitrogen and oxygen atoms in total. The van der Waals surface area contributed by atoms with Gasteiger partial charge in [-0.1, -0.05) is 11.6 Å². The fourth-order valence-electron chi connectivity index (χ4n) is 1.97. The van der Waals surface area contributed by atoms with Crippen LogP contribution in [-0.4, -0.2) is 14.0 Å². The zero-order valence-electron chi connectivity index (χ0n) is 8.61. The van der Waals surface area contributed by atoms with E-state index in [9.17, 15) is 4.21 Å². The van der Waals surface area contributed by atoms with Crippen molar-refractivity contribution in [2.45, 2.75) is 10.6 Å². The topological polar surface area (TPSA) is 34.9 Å². The molecular weight excluding hydrogens is 244 g/mol. The van der Waals surface area contributed by atoms with E-state index in [2.05, 4.69) is 5.10 Å². The van der Waals surface area contributed by atoms with Crippen LogP contribution in [0.5, 0.6) is 0 Å². The largest absolute Gasteiger partial charge is 0.275 e. The molecule has 1 aromatic carbocycles. The van der Waals surface area contributed by atoms with Gasteiger partial charge in [-0.2, -0.15) is 5.10 Å². The monoisotopic (exact) mass is 252 g/mol. The molecule has 0 saturated heterocycles. The summed E-state index contributed by atoms with van der Waals surface area (Å²) in [4.78, 5) is 0.829. The van der Waals surface area contributed by atoms with E-state index in [1.807, 2.05) is 25.4 Å². The Bertz CT molecular complexity index is 606. The van der Waals surface area contributed by atoms with E-state index >= 15 is 0 Å². The van der Waals surface area contributed by atoms with Gasteiger partial charge in [-0.3, -0.25) is 8.89 Å². The minimum absolute atomic E-state index is 0.539. The fraction of sp³-hybridized carbons (Fsp3) is 0.182. The minimum atomic E-state index is -0.983. The highest BCUT2D eigenvalue weighted by Crippen LogP contribution is 2.36. The Hall–Kier alpha value is -1.13. The lowest BCUT2D eigenvalue weighted by Crippen LogP contribution is -2.05. The number of hydrogen-bond acceptors (Lipinski definition) is 2. The summed E-state index contributed by atoms with van der Waals surface area (Å²) in [5, 5.41) is 5.04. The Kier molecular flexibility index (Phi) is 2.16. The molecular formula is C11H9ClN2OS. The number of aryl methyl sites for hydroxylation is 1. The molecule has 3 rings (SSSR count). The van der Waals surface area contributed by atoms with Gasteiger partial charge >= 0.3 is 0 Å². The third-order valence-corrected chi connectivity index (χ3v) is 4.29. The predicted octanol–water partition coefficient (Wildman–Crippen LogP) is 2.36. The number of aromatic nitrogens is 2. The zero-order valence-corrected chi connectivity index (χ0v) is 10.2. The summed E-state index contributed by atoms with van der Waals surface area (Å²) in [7, 11) is 0.883. The summed E-state index contributed by atoms with van der Waals surface area (Å²) in [6, 6.07) is 5.43. The Labute approximate surface area is 100 Å². The molecule has 0 spiro atoms. The quantitative estimate of drug-likeness (QED) is 0.722. The Morgan fingerprint density at radius 2 is 2.31 bits per heavy atom. The van der Waals surface area contributed by atoms with Crippen LogP contribution in [0.2, 0.25) is 5.02 Å². The van der Waals surface area contributed by atoms with Crippen molar-refractivity contribution >= 4 is 22.4 Å². The van der Waals surface area contributed by atoms with Gasteiger partial charge in [-0.15, -0.1) is 0 Å². The van der Waals surface area contributed by atoms with Gasteiger partial charge in [0.2, 0.25) is 0 Å². The average Bonchev–Trinajstić information content (AvgIpc) is 2.59. The number of rotatable bonds is 0. The van der Waals surface area contributed by atoms with Crippen LogP contribution in [0.25, 0.3) is 11.3 Å². The second-order valence-electron chi connectivity index (χ2n) is 3.81. The van der Waals surface area contributed by atoms with E-state index in [0.717, 1.165) is 21.7 Å². The van der Waals surface area contributed by atoms with Crippen molar-refractivity contribution in [3.05, 3.63) is 35.0 Å². The molecule has 16 heavy (non-hydrogen) atoms. The van der Waals surface area contributed by atoms with Gasteiger partial charge in [0.15, 0.2) is 0 Å². The highest BCUT2D eigenvalue weighted by Gasteiger charge is 2.24. The molecule has 82 valence electrons. The smallest absolute Gasteiger partial charge is 0.0977 e. The highest BCUT2D eigenvalue weighted by molar-refractivity contribution is 7.84. The first-order valence-corrected chi connectivity index (χ1v) is 6.55. The van der Waals surface area contributed by atoms with Gasteiger partial charge in [-0.05, 0) is 18.2 Å². The summed E-state index contributed by atoms with van der Waals surface area (Å²) in [6.45, 7) is 0. The molecule has 0 N–H and O–H groups in total. The number of hydrogen-bond donors (Lipinski definition) is 0. The normalized spacial score (nSPS) is 18.0. The second kappa shape index (κ2) is 3.43. The van der Waals surface area contributed by atoms with Crippen molar-refractivity contribution in [1.82, 2.24) is 9.78 Å². The molecule has 0 amide bonds. The van der Waals surface area contributed by atoms with E-state index in [1.165, 1.54) is 0 Å². The molecule has 2 heterocycles. The van der Waals surface area contributed by atoms with E-state index in [0.29, 0.717) is 10.8 Å². The number of nitrogens with zero attached hydrogens (tertiary/aromatic N) is 2. The van der Waals surface area contributed by atoms with E-state index in [1.54, 1.807) is 10.7 Å². The van der Waals surface area contributed by atoms with E-state index in [4.69, 9.17) is 11.6 Å². The first kappa shape index (κ1) is 10.1. The Balaban J connectivity index is 2.33. The van der Waals surface area contributed by atoms with Crippen molar-refractivity contribution in [3.63, 3.8) is 0 Å². The lowest BCUT2D eigenvalue weighted by molar-refractivity contribution is 0.682. The third kappa shape index (κ3) is 1.41. The van der Waals surface area contributed by atoms with Crippen molar-refractivity contribution in [2.24, 2.45) is 7.05 Å². The summed E-state index contributed by atoms with van der Waals surface area (Å²) >= 11 is 5.96. The Morgan fingerprint density at radius 3 is 3.12 bits per heavy atom. The van der Waals surface area contributed by atoms with Gasteiger partial charge in [0.25, 0.3) is 0 Å². The highest BCUT2D eigenvalue weighted by atomic mass is 35.5. The van der Waals surface area contributed by atoms with Gasteiger partial charge in [0.05, 0.1) is 22.2 Å².